The van der Waals surface area contributed by atoms with Gasteiger partial charge in [-0.25, -0.2) is 17.9 Å². The van der Waals surface area contributed by atoms with Crippen molar-refractivity contribution in [3.05, 3.63) is 45.4 Å². The van der Waals surface area contributed by atoms with E-state index in [0.29, 0.717) is 12.2 Å². The number of anilines is 2. The number of sulfonamides is 1. The third-order valence-electron chi connectivity index (χ3n) is 3.70. The van der Waals surface area contributed by atoms with Crippen LogP contribution in [0, 0.1) is 0 Å². The van der Waals surface area contributed by atoms with Gasteiger partial charge in [-0.05, 0) is 24.3 Å². The van der Waals surface area contributed by atoms with Gasteiger partial charge in [0.25, 0.3) is 0 Å². The van der Waals surface area contributed by atoms with E-state index in [1.165, 1.54) is 24.5 Å². The molecule has 0 heterocycles. The molecule has 8 nitrogen and oxygen atoms in total. The van der Waals surface area contributed by atoms with Crippen LogP contribution in [-0.2, 0) is 21.2 Å². The highest BCUT2D eigenvalue weighted by atomic mass is 35.5. The number of hydrogen-bond acceptors (Lipinski definition) is 5. The van der Waals surface area contributed by atoms with Crippen LogP contribution in [0.25, 0.3) is 0 Å². The Morgan fingerprint density at radius 3 is 2.43 bits per heavy atom. The first-order valence-electron chi connectivity index (χ1n) is 8.36. The number of phenols is 1. The summed E-state index contributed by atoms with van der Waals surface area (Å²) in [5, 5.41) is 15.3. The summed E-state index contributed by atoms with van der Waals surface area (Å²) in [6.45, 7) is 0.00307. The molecular weight excluding hydrogens is 497 g/mol. The Balaban J connectivity index is 2.19. The van der Waals surface area contributed by atoms with Gasteiger partial charge in [-0.1, -0.05) is 52.0 Å². The van der Waals surface area contributed by atoms with E-state index < -0.39 is 37.9 Å². The molecule has 0 spiro atoms. The lowest BCUT2D eigenvalue weighted by Gasteiger charge is -2.15. The lowest BCUT2D eigenvalue weighted by Crippen LogP contribution is -2.27. The minimum absolute atomic E-state index is 0.00307. The summed E-state index contributed by atoms with van der Waals surface area (Å²) < 4.78 is 38.4. The van der Waals surface area contributed by atoms with E-state index in [2.05, 4.69) is 15.4 Å². The van der Waals surface area contributed by atoms with Gasteiger partial charge in [-0.2, -0.15) is 0 Å². The molecule has 164 valence electrons. The molecule has 2 rings (SSSR count). The van der Waals surface area contributed by atoms with Gasteiger partial charge in [0, 0.05) is 13.0 Å². The molecular formula is C17H18Cl3N3O5S2. The quantitative estimate of drug-likeness (QED) is 0.240. The second-order valence-electron chi connectivity index (χ2n) is 5.98. The smallest absolute Gasteiger partial charge is 0.323 e. The Morgan fingerprint density at radius 1 is 1.10 bits per heavy atom. The third kappa shape index (κ3) is 6.55. The van der Waals surface area contributed by atoms with Crippen LogP contribution in [0.1, 0.15) is 6.42 Å². The summed E-state index contributed by atoms with van der Waals surface area (Å²) in [5.41, 5.74) is 0.0306. The van der Waals surface area contributed by atoms with E-state index in [0.717, 1.165) is 0 Å². The summed E-state index contributed by atoms with van der Waals surface area (Å²) in [6, 6.07) is 6.31. The average Bonchev–Trinajstić information content (AvgIpc) is 2.65. The van der Waals surface area contributed by atoms with Crippen molar-refractivity contribution >= 4 is 73.4 Å². The van der Waals surface area contributed by atoms with Crippen LogP contribution >= 0.6 is 34.8 Å². The summed E-state index contributed by atoms with van der Waals surface area (Å²) in [6.07, 6.45) is 1.84. The number of aromatic hydroxyl groups is 1. The van der Waals surface area contributed by atoms with E-state index in [4.69, 9.17) is 34.8 Å². The number of amides is 2. The van der Waals surface area contributed by atoms with Gasteiger partial charge in [-0.15, -0.1) is 0 Å². The highest BCUT2D eigenvalue weighted by Crippen LogP contribution is 2.37. The van der Waals surface area contributed by atoms with Crippen LogP contribution in [0.15, 0.2) is 35.2 Å². The number of nitrogens with one attached hydrogen (secondary N) is 3. The van der Waals surface area contributed by atoms with Crippen molar-refractivity contribution in [3.63, 3.8) is 0 Å². The standard InChI is InChI=1S/C17H18Cl3N3O5S2/c1-29(26)9-3-8-21-30(27,28)16-11(19)6-7-13(15(16)24)23-17(25)22-12-5-2-4-10(18)14(12)20/h2,4-7,21,24H,3,8-9H2,1H3,(H2,22,23,25). The lowest BCUT2D eigenvalue weighted by molar-refractivity contribution is 0.262. The molecule has 0 fully saturated rings. The van der Waals surface area contributed by atoms with Crippen LogP contribution < -0.4 is 15.4 Å². The predicted molar refractivity (Wildman–Crippen MR) is 121 cm³/mol. The van der Waals surface area contributed by atoms with Crippen LogP contribution in [0.3, 0.4) is 0 Å². The topological polar surface area (TPSA) is 131 Å². The van der Waals surface area contributed by atoms with Crippen molar-refractivity contribution in [1.82, 2.24) is 4.72 Å². The molecule has 1 atom stereocenters. The number of carbonyl (C=O) groups is 1. The van der Waals surface area contributed by atoms with Gasteiger partial charge >= 0.3 is 6.03 Å². The number of carbonyl (C=O) groups excluding carboxylic acids is 1. The highest BCUT2D eigenvalue weighted by molar-refractivity contribution is 7.90. The maximum Gasteiger partial charge on any atom is 0.323 e. The largest absolute Gasteiger partial charge is 0.617 e. The Labute approximate surface area is 192 Å². The van der Waals surface area contributed by atoms with Crippen molar-refractivity contribution in [3.8, 4) is 5.75 Å². The van der Waals surface area contributed by atoms with Gasteiger partial charge in [-0.3, -0.25) is 0 Å². The van der Waals surface area contributed by atoms with Gasteiger partial charge in [0.15, 0.2) is 5.75 Å². The fraction of sp³-hybridized carbons (Fsp3) is 0.235. The van der Waals surface area contributed by atoms with Crippen molar-refractivity contribution in [2.45, 2.75) is 11.3 Å². The second kappa shape index (κ2) is 10.8. The molecule has 0 saturated carbocycles. The van der Waals surface area contributed by atoms with Gasteiger partial charge in [0.1, 0.15) is 10.6 Å². The maximum absolute atomic E-state index is 12.5. The number of benzene rings is 2. The second-order valence-corrected chi connectivity index (χ2v) is 10.4. The predicted octanol–water partition coefficient (Wildman–Crippen LogP) is 4.04. The zero-order valence-electron chi connectivity index (χ0n) is 15.5. The Bertz CT molecular complexity index is 1040. The van der Waals surface area contributed by atoms with Crippen LogP contribution in [-0.4, -0.2) is 42.7 Å². The molecule has 0 bridgehead atoms. The SMILES string of the molecule is C[S+]([O-])CCCNS(=O)(=O)c1c(Cl)ccc(NC(=O)Nc2cccc(Cl)c2Cl)c1O. The fourth-order valence-electron chi connectivity index (χ4n) is 2.33. The minimum atomic E-state index is -4.19. The molecule has 0 aliphatic rings. The molecule has 30 heavy (non-hydrogen) atoms. The normalized spacial score (nSPS) is 12.4. The Kier molecular flexibility index (Phi) is 8.92. The third-order valence-corrected chi connectivity index (χ3v) is 7.35. The van der Waals surface area contributed by atoms with E-state index >= 15 is 0 Å². The molecule has 0 aliphatic carbocycles. The molecule has 2 aromatic rings. The van der Waals surface area contributed by atoms with Crippen molar-refractivity contribution in [2.75, 3.05) is 29.2 Å². The first-order chi connectivity index (χ1) is 14.0. The maximum atomic E-state index is 12.5. The van der Waals surface area contributed by atoms with Gasteiger partial charge < -0.3 is 20.3 Å². The molecule has 0 radical (unpaired) electrons. The zero-order valence-corrected chi connectivity index (χ0v) is 19.4. The average molecular weight is 515 g/mol. The summed E-state index contributed by atoms with van der Waals surface area (Å²) in [5.74, 6) is -0.419. The minimum Gasteiger partial charge on any atom is -0.617 e. The van der Waals surface area contributed by atoms with E-state index in [-0.39, 0.29) is 33.0 Å². The first kappa shape index (κ1) is 24.9. The van der Waals surface area contributed by atoms with Crippen molar-refractivity contribution in [2.24, 2.45) is 0 Å². The molecule has 0 saturated heterocycles. The monoisotopic (exact) mass is 513 g/mol. The molecule has 0 aliphatic heterocycles. The molecule has 4 N–H and O–H groups in total. The van der Waals surface area contributed by atoms with Crippen LogP contribution in [0.2, 0.25) is 15.1 Å². The number of rotatable bonds is 8. The molecule has 2 amide bonds. The number of phenolic OH excluding ortho intramolecular Hbond substituents is 1. The van der Waals surface area contributed by atoms with Crippen LogP contribution in [0.4, 0.5) is 16.2 Å². The molecule has 13 heteroatoms. The van der Waals surface area contributed by atoms with Gasteiger partial charge in [0.05, 0.1) is 32.7 Å². The number of urea groups is 1. The molecule has 1 unspecified atom stereocenters. The number of halogens is 3. The number of hydrogen-bond donors (Lipinski definition) is 4. The van der Waals surface area contributed by atoms with Gasteiger partial charge in [0.2, 0.25) is 10.0 Å². The van der Waals surface area contributed by atoms with Crippen LogP contribution in [0.5, 0.6) is 5.75 Å². The zero-order chi connectivity index (χ0) is 22.5. The summed E-state index contributed by atoms with van der Waals surface area (Å²) in [7, 11) is -4.19. The Hall–Kier alpha value is -1.40. The summed E-state index contributed by atoms with van der Waals surface area (Å²) in [4.78, 5) is 11.7. The van der Waals surface area contributed by atoms with E-state index in [1.54, 1.807) is 12.1 Å². The summed E-state index contributed by atoms with van der Waals surface area (Å²) >= 11 is 16.8. The van der Waals surface area contributed by atoms with E-state index in [9.17, 15) is 22.9 Å². The van der Waals surface area contributed by atoms with Crippen molar-refractivity contribution in [1.29, 1.82) is 0 Å². The Morgan fingerprint density at radius 2 is 1.77 bits per heavy atom. The molecule has 0 aromatic heterocycles. The van der Waals surface area contributed by atoms with Crippen molar-refractivity contribution < 1.29 is 22.9 Å². The lowest BCUT2D eigenvalue weighted by atomic mass is 10.3. The highest BCUT2D eigenvalue weighted by Gasteiger charge is 2.25. The van der Waals surface area contributed by atoms with E-state index in [1.807, 2.05) is 0 Å². The fourth-order valence-corrected chi connectivity index (χ4v) is 4.94. The first-order valence-corrected chi connectivity index (χ1v) is 12.7. The molecule has 2 aromatic carbocycles.